The van der Waals surface area contributed by atoms with Crippen LogP contribution < -0.4 is 0 Å². The van der Waals surface area contributed by atoms with Gasteiger partial charge in [-0.15, -0.1) is 0 Å². The number of benzene rings is 2. The van der Waals surface area contributed by atoms with Crippen LogP contribution in [0.4, 0.5) is 4.39 Å². The van der Waals surface area contributed by atoms with E-state index in [1.165, 1.54) is 0 Å². The first-order chi connectivity index (χ1) is 9.54. The minimum atomic E-state index is -0.135. The van der Waals surface area contributed by atoms with E-state index in [0.717, 1.165) is 27.6 Å². The second-order valence-electron chi connectivity index (χ2n) is 5.47. The molecule has 1 aromatic heterocycles. The first-order valence-corrected chi connectivity index (χ1v) is 6.78. The van der Waals surface area contributed by atoms with Gasteiger partial charge in [-0.25, -0.2) is 4.39 Å². The van der Waals surface area contributed by atoms with Crippen LogP contribution in [0.5, 0.6) is 0 Å². The number of aryl methyl sites for hydroxylation is 1. The van der Waals surface area contributed by atoms with Crippen molar-refractivity contribution in [3.8, 4) is 11.1 Å². The summed E-state index contributed by atoms with van der Waals surface area (Å²) in [6.07, 6.45) is 1.97. The Bertz CT molecular complexity index is 772. The number of halogens is 1. The van der Waals surface area contributed by atoms with Gasteiger partial charge in [-0.2, -0.15) is 5.10 Å². The van der Waals surface area contributed by atoms with Crippen LogP contribution in [0.2, 0.25) is 0 Å². The third-order valence-corrected chi connectivity index (χ3v) is 3.57. The summed E-state index contributed by atoms with van der Waals surface area (Å²) in [6.45, 7) is 4.00. The summed E-state index contributed by atoms with van der Waals surface area (Å²) < 4.78 is 15.9. The third kappa shape index (κ3) is 2.20. The zero-order valence-electron chi connectivity index (χ0n) is 11.9. The zero-order chi connectivity index (χ0) is 14.3. The van der Waals surface area contributed by atoms with Crippen molar-refractivity contribution in [1.82, 2.24) is 9.78 Å². The van der Waals surface area contributed by atoms with Crippen LogP contribution >= 0.6 is 0 Å². The first-order valence-electron chi connectivity index (χ1n) is 6.78. The third-order valence-electron chi connectivity index (χ3n) is 3.57. The molecular formula is C17H17FN2. The monoisotopic (exact) mass is 268 g/mol. The van der Waals surface area contributed by atoms with Gasteiger partial charge in [0.1, 0.15) is 5.82 Å². The summed E-state index contributed by atoms with van der Waals surface area (Å²) in [5.41, 5.74) is 3.63. The molecular weight excluding hydrogens is 251 g/mol. The van der Waals surface area contributed by atoms with Gasteiger partial charge >= 0.3 is 0 Å². The van der Waals surface area contributed by atoms with Crippen LogP contribution in [0.1, 0.15) is 25.3 Å². The van der Waals surface area contributed by atoms with Crippen molar-refractivity contribution in [3.05, 3.63) is 54.0 Å². The molecule has 0 aliphatic carbocycles. The molecule has 20 heavy (non-hydrogen) atoms. The van der Waals surface area contributed by atoms with Gasteiger partial charge in [0.05, 0.1) is 5.52 Å². The van der Waals surface area contributed by atoms with Crippen LogP contribution in [-0.4, -0.2) is 9.78 Å². The highest BCUT2D eigenvalue weighted by molar-refractivity contribution is 5.84. The molecule has 2 aromatic carbocycles. The summed E-state index contributed by atoms with van der Waals surface area (Å²) >= 11 is 0. The Labute approximate surface area is 117 Å². The molecule has 0 atom stereocenters. The second kappa shape index (κ2) is 4.75. The summed E-state index contributed by atoms with van der Waals surface area (Å²) in [4.78, 5) is 0. The molecule has 0 bridgehead atoms. The Morgan fingerprint density at radius 2 is 1.75 bits per heavy atom. The normalized spacial score (nSPS) is 11.4. The largest absolute Gasteiger partial charge is 0.275 e. The Kier molecular flexibility index (Phi) is 3.05. The molecule has 0 aliphatic rings. The van der Waals surface area contributed by atoms with Crippen molar-refractivity contribution in [3.63, 3.8) is 0 Å². The van der Waals surface area contributed by atoms with E-state index in [2.05, 4.69) is 5.10 Å². The molecule has 0 amide bonds. The maximum absolute atomic E-state index is 14.1. The molecule has 0 unspecified atom stereocenters. The van der Waals surface area contributed by atoms with E-state index in [-0.39, 0.29) is 11.7 Å². The van der Waals surface area contributed by atoms with E-state index in [1.807, 2.05) is 57.4 Å². The molecule has 1 heterocycles. The number of nitrogens with zero attached hydrogens (tertiary/aromatic N) is 2. The van der Waals surface area contributed by atoms with Crippen molar-refractivity contribution >= 4 is 10.9 Å². The van der Waals surface area contributed by atoms with Gasteiger partial charge in [0.25, 0.3) is 0 Å². The second-order valence-corrected chi connectivity index (χ2v) is 5.47. The van der Waals surface area contributed by atoms with Gasteiger partial charge in [-0.3, -0.25) is 4.68 Å². The SMILES string of the molecule is CC(C)c1ccc(-c2ccc3nn(C)cc3c2)cc1F. The fourth-order valence-corrected chi connectivity index (χ4v) is 2.50. The summed E-state index contributed by atoms with van der Waals surface area (Å²) in [5, 5.41) is 5.41. The number of rotatable bonds is 2. The van der Waals surface area contributed by atoms with Crippen molar-refractivity contribution in [2.75, 3.05) is 0 Å². The number of hydrogen-bond acceptors (Lipinski definition) is 1. The molecule has 3 rings (SSSR count). The van der Waals surface area contributed by atoms with E-state index in [0.29, 0.717) is 0 Å². The maximum atomic E-state index is 14.1. The van der Waals surface area contributed by atoms with Crippen molar-refractivity contribution in [2.45, 2.75) is 19.8 Å². The fourth-order valence-electron chi connectivity index (χ4n) is 2.50. The highest BCUT2D eigenvalue weighted by Crippen LogP contribution is 2.27. The Morgan fingerprint density at radius 1 is 1.05 bits per heavy atom. The Balaban J connectivity index is 2.08. The lowest BCUT2D eigenvalue weighted by atomic mass is 9.97. The van der Waals surface area contributed by atoms with Gasteiger partial charge in [0, 0.05) is 18.6 Å². The standard InChI is InChI=1S/C17H17FN2/c1-11(2)15-6-4-13(9-16(15)18)12-5-7-17-14(8-12)10-20(3)19-17/h4-11H,1-3H3. The Morgan fingerprint density at radius 3 is 2.45 bits per heavy atom. The lowest BCUT2D eigenvalue weighted by molar-refractivity contribution is 0.599. The number of fused-ring (bicyclic) bond motifs is 1. The average molecular weight is 268 g/mol. The predicted molar refractivity (Wildman–Crippen MR) is 80.2 cm³/mol. The summed E-state index contributed by atoms with van der Waals surface area (Å²) in [6, 6.07) is 11.5. The quantitative estimate of drug-likeness (QED) is 0.669. The van der Waals surface area contributed by atoms with Crippen LogP contribution in [0.3, 0.4) is 0 Å². The molecule has 3 aromatic rings. The molecule has 0 aliphatic heterocycles. The van der Waals surface area contributed by atoms with E-state index in [9.17, 15) is 4.39 Å². The van der Waals surface area contributed by atoms with Crippen molar-refractivity contribution in [1.29, 1.82) is 0 Å². The topological polar surface area (TPSA) is 17.8 Å². The van der Waals surface area contributed by atoms with Crippen molar-refractivity contribution in [2.24, 2.45) is 7.05 Å². The van der Waals surface area contributed by atoms with Crippen LogP contribution in [0.25, 0.3) is 22.0 Å². The molecule has 0 radical (unpaired) electrons. The van der Waals surface area contributed by atoms with Gasteiger partial charge < -0.3 is 0 Å². The smallest absolute Gasteiger partial charge is 0.127 e. The predicted octanol–water partition coefficient (Wildman–Crippen LogP) is 4.50. The number of hydrogen-bond donors (Lipinski definition) is 0. The molecule has 0 saturated carbocycles. The minimum absolute atomic E-state index is 0.135. The highest BCUT2D eigenvalue weighted by atomic mass is 19.1. The summed E-state index contributed by atoms with van der Waals surface area (Å²) in [7, 11) is 1.90. The average Bonchev–Trinajstić information content (AvgIpc) is 2.77. The lowest BCUT2D eigenvalue weighted by Gasteiger charge is -2.09. The molecule has 0 N–H and O–H groups in total. The van der Waals surface area contributed by atoms with Crippen LogP contribution in [0.15, 0.2) is 42.6 Å². The lowest BCUT2D eigenvalue weighted by Crippen LogP contribution is -1.93. The first kappa shape index (κ1) is 12.9. The molecule has 3 heteroatoms. The highest BCUT2D eigenvalue weighted by Gasteiger charge is 2.09. The van der Waals surface area contributed by atoms with E-state index >= 15 is 0 Å². The number of aromatic nitrogens is 2. The summed E-state index contributed by atoms with van der Waals surface area (Å²) in [5.74, 6) is 0.0636. The van der Waals surface area contributed by atoms with E-state index in [4.69, 9.17) is 0 Å². The molecule has 2 nitrogen and oxygen atoms in total. The zero-order valence-corrected chi connectivity index (χ0v) is 11.9. The van der Waals surface area contributed by atoms with Gasteiger partial charge in [0.2, 0.25) is 0 Å². The van der Waals surface area contributed by atoms with Gasteiger partial charge in [-0.05, 0) is 40.8 Å². The molecule has 0 spiro atoms. The maximum Gasteiger partial charge on any atom is 0.127 e. The molecule has 0 fully saturated rings. The van der Waals surface area contributed by atoms with E-state index in [1.54, 1.807) is 10.7 Å². The Hall–Kier alpha value is -2.16. The van der Waals surface area contributed by atoms with Crippen molar-refractivity contribution < 1.29 is 4.39 Å². The van der Waals surface area contributed by atoms with E-state index < -0.39 is 0 Å². The fraction of sp³-hybridized carbons (Fsp3) is 0.235. The minimum Gasteiger partial charge on any atom is -0.275 e. The van der Waals surface area contributed by atoms with Crippen LogP contribution in [-0.2, 0) is 7.05 Å². The van der Waals surface area contributed by atoms with Gasteiger partial charge in [0.15, 0.2) is 0 Å². The van der Waals surface area contributed by atoms with Crippen LogP contribution in [0, 0.1) is 5.82 Å². The van der Waals surface area contributed by atoms with Gasteiger partial charge in [-0.1, -0.05) is 32.0 Å². The molecule has 0 saturated heterocycles. The molecule has 102 valence electrons.